The molecule has 0 spiro atoms. The van der Waals surface area contributed by atoms with Gasteiger partial charge in [-0.1, -0.05) is 51.1 Å². The largest absolute Gasteiger partial charge is 0.118 e. The maximum Gasteiger partial charge on any atom is 0.0613 e. The summed E-state index contributed by atoms with van der Waals surface area (Å²) in [4.78, 5) is 0. The lowest BCUT2D eigenvalue weighted by atomic mass is 9.90. The fraction of sp³-hybridized carbons (Fsp3) is 0.500. The van der Waals surface area contributed by atoms with Gasteiger partial charge in [-0.05, 0) is 17.4 Å². The highest BCUT2D eigenvalue weighted by molar-refractivity contribution is 6.21. The lowest BCUT2D eigenvalue weighted by Crippen LogP contribution is -2.10. The number of halogens is 1. The van der Waals surface area contributed by atoms with Crippen LogP contribution < -0.4 is 0 Å². The summed E-state index contributed by atoms with van der Waals surface area (Å²) < 4.78 is 0. The number of rotatable bonds is 3. The third-order valence-electron chi connectivity index (χ3n) is 2.63. The Kier molecular flexibility index (Phi) is 3.80. The fourth-order valence-corrected chi connectivity index (χ4v) is 1.71. The van der Waals surface area contributed by atoms with E-state index in [4.69, 9.17) is 11.6 Å². The SMILES string of the molecule is CC(C)C(C)C(Cl)c1ccccc1. The average Bonchev–Trinajstić information content (AvgIpc) is 2.17. The number of hydrogen-bond donors (Lipinski definition) is 0. The molecule has 1 aromatic rings. The zero-order valence-corrected chi connectivity index (χ0v) is 9.25. The second-order valence-electron chi connectivity index (χ2n) is 3.92. The van der Waals surface area contributed by atoms with Crippen LogP contribution in [-0.2, 0) is 0 Å². The Morgan fingerprint density at radius 2 is 1.54 bits per heavy atom. The van der Waals surface area contributed by atoms with E-state index in [0.717, 1.165) is 0 Å². The summed E-state index contributed by atoms with van der Waals surface area (Å²) in [7, 11) is 0. The molecule has 1 aromatic carbocycles. The van der Waals surface area contributed by atoms with Crippen molar-refractivity contribution in [1.29, 1.82) is 0 Å². The quantitative estimate of drug-likeness (QED) is 0.634. The molecule has 0 fully saturated rings. The van der Waals surface area contributed by atoms with Crippen LogP contribution in [0, 0.1) is 11.8 Å². The molecule has 2 atom stereocenters. The lowest BCUT2D eigenvalue weighted by Gasteiger charge is -2.21. The van der Waals surface area contributed by atoms with E-state index in [-0.39, 0.29) is 5.38 Å². The molecule has 13 heavy (non-hydrogen) atoms. The molecule has 0 saturated heterocycles. The van der Waals surface area contributed by atoms with E-state index in [2.05, 4.69) is 32.9 Å². The normalized spacial score (nSPS) is 15.8. The Hall–Kier alpha value is -0.490. The van der Waals surface area contributed by atoms with Gasteiger partial charge in [0, 0.05) is 0 Å². The van der Waals surface area contributed by atoms with Gasteiger partial charge in [0.25, 0.3) is 0 Å². The molecule has 2 unspecified atom stereocenters. The van der Waals surface area contributed by atoms with E-state index in [1.165, 1.54) is 5.56 Å². The van der Waals surface area contributed by atoms with E-state index in [9.17, 15) is 0 Å². The van der Waals surface area contributed by atoms with Crippen LogP contribution in [0.25, 0.3) is 0 Å². The van der Waals surface area contributed by atoms with Gasteiger partial charge >= 0.3 is 0 Å². The molecular formula is C12H17Cl. The zero-order valence-electron chi connectivity index (χ0n) is 8.50. The monoisotopic (exact) mass is 196 g/mol. The summed E-state index contributed by atoms with van der Waals surface area (Å²) in [6.07, 6.45) is 0. The summed E-state index contributed by atoms with van der Waals surface area (Å²) in [5, 5.41) is 0.140. The van der Waals surface area contributed by atoms with E-state index >= 15 is 0 Å². The molecule has 1 rings (SSSR count). The van der Waals surface area contributed by atoms with Gasteiger partial charge in [0.15, 0.2) is 0 Å². The Labute approximate surface area is 85.9 Å². The van der Waals surface area contributed by atoms with Crippen molar-refractivity contribution < 1.29 is 0 Å². The molecule has 0 aliphatic carbocycles. The molecule has 0 N–H and O–H groups in total. The van der Waals surface area contributed by atoms with Crippen molar-refractivity contribution in [2.45, 2.75) is 26.1 Å². The van der Waals surface area contributed by atoms with Crippen LogP contribution in [0.3, 0.4) is 0 Å². The Morgan fingerprint density at radius 1 is 1.00 bits per heavy atom. The molecule has 72 valence electrons. The summed E-state index contributed by atoms with van der Waals surface area (Å²) in [6.45, 7) is 6.63. The Morgan fingerprint density at radius 3 is 2.00 bits per heavy atom. The summed E-state index contributed by atoms with van der Waals surface area (Å²) in [5.74, 6) is 1.15. The molecular weight excluding hydrogens is 180 g/mol. The van der Waals surface area contributed by atoms with Gasteiger partial charge in [0.05, 0.1) is 5.38 Å². The van der Waals surface area contributed by atoms with E-state index < -0.39 is 0 Å². The molecule has 0 radical (unpaired) electrons. The highest BCUT2D eigenvalue weighted by Crippen LogP contribution is 2.32. The first-order valence-electron chi connectivity index (χ1n) is 4.82. The van der Waals surface area contributed by atoms with Gasteiger partial charge in [-0.15, -0.1) is 11.6 Å². The average molecular weight is 197 g/mol. The molecule has 0 nitrogen and oxygen atoms in total. The van der Waals surface area contributed by atoms with Gasteiger partial charge < -0.3 is 0 Å². The van der Waals surface area contributed by atoms with Crippen molar-refractivity contribution in [2.24, 2.45) is 11.8 Å². The summed E-state index contributed by atoms with van der Waals surface area (Å²) >= 11 is 6.35. The Bertz CT molecular complexity index is 241. The molecule has 0 aliphatic heterocycles. The second kappa shape index (κ2) is 4.66. The smallest absolute Gasteiger partial charge is 0.0613 e. The highest BCUT2D eigenvalue weighted by atomic mass is 35.5. The minimum atomic E-state index is 0.140. The fourth-order valence-electron chi connectivity index (χ4n) is 1.28. The minimum Gasteiger partial charge on any atom is -0.118 e. The van der Waals surface area contributed by atoms with Gasteiger partial charge in [0.1, 0.15) is 0 Å². The van der Waals surface area contributed by atoms with Crippen molar-refractivity contribution in [3.05, 3.63) is 35.9 Å². The molecule has 0 heterocycles. The predicted octanol–water partition coefficient (Wildman–Crippen LogP) is 4.26. The minimum absolute atomic E-state index is 0.140. The maximum absolute atomic E-state index is 6.35. The number of benzene rings is 1. The topological polar surface area (TPSA) is 0 Å². The van der Waals surface area contributed by atoms with Gasteiger partial charge in [0.2, 0.25) is 0 Å². The molecule has 0 bridgehead atoms. The summed E-state index contributed by atoms with van der Waals surface area (Å²) in [5.41, 5.74) is 1.23. The first-order valence-corrected chi connectivity index (χ1v) is 5.25. The number of alkyl halides is 1. The maximum atomic E-state index is 6.35. The van der Waals surface area contributed by atoms with E-state index in [1.807, 2.05) is 18.2 Å². The van der Waals surface area contributed by atoms with Crippen LogP contribution in [0.4, 0.5) is 0 Å². The van der Waals surface area contributed by atoms with E-state index in [0.29, 0.717) is 11.8 Å². The molecule has 0 amide bonds. The van der Waals surface area contributed by atoms with Gasteiger partial charge in [-0.3, -0.25) is 0 Å². The molecule has 1 heteroatoms. The van der Waals surface area contributed by atoms with Crippen LogP contribution in [-0.4, -0.2) is 0 Å². The molecule has 0 aromatic heterocycles. The first-order chi connectivity index (χ1) is 6.13. The van der Waals surface area contributed by atoms with Crippen LogP contribution in [0.5, 0.6) is 0 Å². The van der Waals surface area contributed by atoms with Crippen molar-refractivity contribution in [1.82, 2.24) is 0 Å². The number of hydrogen-bond acceptors (Lipinski definition) is 0. The van der Waals surface area contributed by atoms with Crippen molar-refractivity contribution in [3.63, 3.8) is 0 Å². The third-order valence-corrected chi connectivity index (χ3v) is 3.28. The van der Waals surface area contributed by atoms with Crippen molar-refractivity contribution >= 4 is 11.6 Å². The van der Waals surface area contributed by atoms with Crippen molar-refractivity contribution in [3.8, 4) is 0 Å². The lowest BCUT2D eigenvalue weighted by molar-refractivity contribution is 0.406. The Balaban J connectivity index is 2.73. The second-order valence-corrected chi connectivity index (χ2v) is 4.39. The zero-order chi connectivity index (χ0) is 9.84. The molecule has 0 saturated carbocycles. The predicted molar refractivity (Wildman–Crippen MR) is 59.0 cm³/mol. The molecule has 0 aliphatic rings. The highest BCUT2D eigenvalue weighted by Gasteiger charge is 2.18. The van der Waals surface area contributed by atoms with Crippen LogP contribution in [0.15, 0.2) is 30.3 Å². The van der Waals surface area contributed by atoms with Crippen molar-refractivity contribution in [2.75, 3.05) is 0 Å². The van der Waals surface area contributed by atoms with Crippen LogP contribution in [0.1, 0.15) is 31.7 Å². The van der Waals surface area contributed by atoms with Crippen LogP contribution in [0.2, 0.25) is 0 Å². The van der Waals surface area contributed by atoms with Crippen LogP contribution >= 0.6 is 11.6 Å². The first kappa shape index (κ1) is 10.6. The standard InChI is InChI=1S/C12H17Cl/c1-9(2)10(3)12(13)11-7-5-4-6-8-11/h4-10,12H,1-3H3. The van der Waals surface area contributed by atoms with Gasteiger partial charge in [-0.25, -0.2) is 0 Å². The third kappa shape index (κ3) is 2.73. The van der Waals surface area contributed by atoms with Gasteiger partial charge in [-0.2, -0.15) is 0 Å². The summed E-state index contributed by atoms with van der Waals surface area (Å²) in [6, 6.07) is 10.3. The van der Waals surface area contributed by atoms with E-state index in [1.54, 1.807) is 0 Å².